The van der Waals surface area contributed by atoms with Crippen LogP contribution in [0.15, 0.2) is 12.1 Å². The van der Waals surface area contributed by atoms with Gasteiger partial charge in [-0.25, -0.2) is 0 Å². The third-order valence-corrected chi connectivity index (χ3v) is 2.29. The Morgan fingerprint density at radius 2 is 1.92 bits per heavy atom. The fourth-order valence-corrected chi connectivity index (χ4v) is 1.77. The van der Waals surface area contributed by atoms with Crippen LogP contribution in [0.1, 0.15) is 23.6 Å². The third kappa shape index (κ3) is 1.71. The summed E-state index contributed by atoms with van der Waals surface area (Å²) in [5.74, 6) is 0. The van der Waals surface area contributed by atoms with Gasteiger partial charge in [0.25, 0.3) is 0 Å². The number of benzene rings is 1. The van der Waals surface area contributed by atoms with Crippen LogP contribution in [0, 0.1) is 13.8 Å². The maximum Gasteiger partial charge on any atom is 0.148 e. The van der Waals surface area contributed by atoms with Crippen molar-refractivity contribution in [3.05, 3.63) is 28.8 Å². The highest BCUT2D eigenvalue weighted by Crippen LogP contribution is 2.06. The molecular weight excluding hydrogens is 143 g/mol. The van der Waals surface area contributed by atoms with Gasteiger partial charge in [-0.3, -0.25) is 0 Å². The van der Waals surface area contributed by atoms with E-state index in [0.29, 0.717) is 0 Å². The standard InChI is InChI=1S/C11H16B/c1-5-10-7-8(2)6-9(3)11(10)12-4/h6-7H,5H2,1-4H3. The van der Waals surface area contributed by atoms with E-state index >= 15 is 0 Å². The molecule has 0 aromatic heterocycles. The maximum atomic E-state index is 2.28. The van der Waals surface area contributed by atoms with Crippen molar-refractivity contribution in [2.24, 2.45) is 0 Å². The van der Waals surface area contributed by atoms with Crippen molar-refractivity contribution in [2.75, 3.05) is 0 Å². The zero-order valence-electron chi connectivity index (χ0n) is 8.44. The van der Waals surface area contributed by atoms with Crippen LogP contribution < -0.4 is 5.46 Å². The van der Waals surface area contributed by atoms with E-state index in [2.05, 4.69) is 47.0 Å². The molecule has 1 heteroatoms. The van der Waals surface area contributed by atoms with Crippen LogP contribution in [-0.4, -0.2) is 7.28 Å². The lowest BCUT2D eigenvalue weighted by Crippen LogP contribution is -2.20. The second-order valence-electron chi connectivity index (χ2n) is 3.30. The van der Waals surface area contributed by atoms with E-state index < -0.39 is 0 Å². The van der Waals surface area contributed by atoms with Crippen LogP contribution >= 0.6 is 0 Å². The van der Waals surface area contributed by atoms with Crippen LogP contribution in [-0.2, 0) is 6.42 Å². The van der Waals surface area contributed by atoms with E-state index in [1.165, 1.54) is 22.2 Å². The fourth-order valence-electron chi connectivity index (χ4n) is 1.77. The minimum atomic E-state index is 1.13. The first-order valence-corrected chi connectivity index (χ1v) is 4.58. The quantitative estimate of drug-likeness (QED) is 0.580. The van der Waals surface area contributed by atoms with Crippen molar-refractivity contribution in [3.63, 3.8) is 0 Å². The molecule has 0 spiro atoms. The van der Waals surface area contributed by atoms with Gasteiger partial charge in [-0.1, -0.05) is 48.0 Å². The van der Waals surface area contributed by atoms with Crippen molar-refractivity contribution in [2.45, 2.75) is 34.0 Å². The molecule has 0 bridgehead atoms. The summed E-state index contributed by atoms with van der Waals surface area (Å²) in [5.41, 5.74) is 5.66. The molecule has 0 heterocycles. The van der Waals surface area contributed by atoms with Crippen molar-refractivity contribution < 1.29 is 0 Å². The first kappa shape index (κ1) is 9.37. The second kappa shape index (κ2) is 3.80. The molecule has 0 aliphatic carbocycles. The molecule has 12 heavy (non-hydrogen) atoms. The fraction of sp³-hybridized carbons (Fsp3) is 0.455. The summed E-state index contributed by atoms with van der Waals surface area (Å²) >= 11 is 0. The smallest absolute Gasteiger partial charge is 0.0872 e. The lowest BCUT2D eigenvalue weighted by Gasteiger charge is -2.10. The molecule has 1 rings (SSSR count). The Morgan fingerprint density at radius 1 is 1.25 bits per heavy atom. The van der Waals surface area contributed by atoms with E-state index in [9.17, 15) is 0 Å². The van der Waals surface area contributed by atoms with E-state index in [1.807, 2.05) is 0 Å². The van der Waals surface area contributed by atoms with E-state index in [4.69, 9.17) is 0 Å². The highest BCUT2D eigenvalue weighted by molar-refractivity contribution is 6.53. The Labute approximate surface area is 76.2 Å². The largest absolute Gasteiger partial charge is 0.148 e. The molecule has 63 valence electrons. The highest BCUT2D eigenvalue weighted by atomic mass is 14.0. The maximum absolute atomic E-state index is 2.28. The van der Waals surface area contributed by atoms with Crippen LogP contribution in [0.4, 0.5) is 0 Å². The van der Waals surface area contributed by atoms with Gasteiger partial charge in [-0.2, -0.15) is 0 Å². The van der Waals surface area contributed by atoms with Crippen molar-refractivity contribution in [3.8, 4) is 0 Å². The van der Waals surface area contributed by atoms with Crippen LogP contribution in [0.5, 0.6) is 0 Å². The zero-order valence-corrected chi connectivity index (χ0v) is 8.44. The molecule has 0 N–H and O–H groups in total. The molecule has 0 amide bonds. The van der Waals surface area contributed by atoms with Crippen molar-refractivity contribution in [1.82, 2.24) is 0 Å². The van der Waals surface area contributed by atoms with Gasteiger partial charge in [0.2, 0.25) is 0 Å². The number of hydrogen-bond acceptors (Lipinski definition) is 0. The monoisotopic (exact) mass is 159 g/mol. The zero-order chi connectivity index (χ0) is 9.14. The molecule has 0 atom stereocenters. The molecule has 0 fully saturated rings. The lowest BCUT2D eigenvalue weighted by molar-refractivity contribution is 1.14. The third-order valence-electron chi connectivity index (χ3n) is 2.29. The highest BCUT2D eigenvalue weighted by Gasteiger charge is 2.02. The van der Waals surface area contributed by atoms with Crippen LogP contribution in [0.3, 0.4) is 0 Å². The van der Waals surface area contributed by atoms with Gasteiger partial charge in [0, 0.05) is 0 Å². The average molecular weight is 159 g/mol. The predicted molar refractivity (Wildman–Crippen MR) is 56.5 cm³/mol. The van der Waals surface area contributed by atoms with Gasteiger partial charge >= 0.3 is 0 Å². The first-order chi connectivity index (χ1) is 5.69. The Bertz CT molecular complexity index is 277. The average Bonchev–Trinajstić information content (AvgIpc) is 2.03. The van der Waals surface area contributed by atoms with Gasteiger partial charge in [-0.15, -0.1) is 0 Å². The second-order valence-corrected chi connectivity index (χ2v) is 3.30. The van der Waals surface area contributed by atoms with E-state index in [0.717, 1.165) is 6.42 Å². The first-order valence-electron chi connectivity index (χ1n) is 4.58. The van der Waals surface area contributed by atoms with Crippen LogP contribution in [0.2, 0.25) is 6.82 Å². The molecule has 0 unspecified atom stereocenters. The summed E-state index contributed by atoms with van der Waals surface area (Å²) in [6, 6.07) is 4.52. The summed E-state index contributed by atoms with van der Waals surface area (Å²) in [5, 5.41) is 0. The summed E-state index contributed by atoms with van der Waals surface area (Å²) in [6.07, 6.45) is 1.13. The topological polar surface area (TPSA) is 0 Å². The number of hydrogen-bond donors (Lipinski definition) is 0. The van der Waals surface area contributed by atoms with Gasteiger partial charge in [0.1, 0.15) is 7.28 Å². The SMILES string of the molecule is C[B]c1c(C)cc(C)cc1CC. The molecular formula is C11H16B. The summed E-state index contributed by atoms with van der Waals surface area (Å²) in [6.45, 7) is 8.66. The summed E-state index contributed by atoms with van der Waals surface area (Å²) in [4.78, 5) is 0. The number of rotatable bonds is 2. The van der Waals surface area contributed by atoms with Gasteiger partial charge in [0.15, 0.2) is 0 Å². The Morgan fingerprint density at radius 3 is 2.42 bits per heavy atom. The van der Waals surface area contributed by atoms with E-state index in [-0.39, 0.29) is 0 Å². The van der Waals surface area contributed by atoms with Crippen molar-refractivity contribution in [1.29, 1.82) is 0 Å². The van der Waals surface area contributed by atoms with Crippen molar-refractivity contribution >= 4 is 12.7 Å². The summed E-state index contributed by atoms with van der Waals surface area (Å²) < 4.78 is 0. The number of aryl methyl sites for hydroxylation is 3. The Hall–Kier alpha value is -0.715. The minimum absolute atomic E-state index is 1.13. The molecule has 0 nitrogen and oxygen atoms in total. The molecule has 0 aliphatic rings. The Balaban J connectivity index is 3.24. The lowest BCUT2D eigenvalue weighted by atomic mass is 9.68. The molecule has 1 radical (unpaired) electrons. The van der Waals surface area contributed by atoms with Gasteiger partial charge in [-0.05, 0) is 20.3 Å². The summed E-state index contributed by atoms with van der Waals surface area (Å²) in [7, 11) is 2.20. The normalized spacial score (nSPS) is 10.0. The van der Waals surface area contributed by atoms with Gasteiger partial charge in [0.05, 0.1) is 0 Å². The predicted octanol–water partition coefficient (Wildman–Crippen LogP) is 2.24. The molecule has 1 aromatic rings. The molecule has 1 aromatic carbocycles. The molecule has 0 aliphatic heterocycles. The van der Waals surface area contributed by atoms with Gasteiger partial charge < -0.3 is 0 Å². The molecule has 0 saturated heterocycles. The minimum Gasteiger partial charge on any atom is -0.0872 e. The van der Waals surface area contributed by atoms with E-state index in [1.54, 1.807) is 0 Å². The molecule has 0 saturated carbocycles. The van der Waals surface area contributed by atoms with Crippen LogP contribution in [0.25, 0.3) is 0 Å². The Kier molecular flexibility index (Phi) is 2.96.